The quantitative estimate of drug-likeness (QED) is 0.876. The lowest BCUT2D eigenvalue weighted by Crippen LogP contribution is -2.44. The molecular weight excluding hydrogens is 271 g/mol. The molecule has 0 radical (unpaired) electrons. The third-order valence-electron chi connectivity index (χ3n) is 2.83. The van der Waals surface area contributed by atoms with E-state index in [1.54, 1.807) is 12.1 Å². The molecule has 2 rings (SSSR count). The van der Waals surface area contributed by atoms with Gasteiger partial charge in [0.25, 0.3) is 0 Å². The molecule has 106 valence electrons. The first kappa shape index (κ1) is 15.9. The van der Waals surface area contributed by atoms with Crippen molar-refractivity contribution in [2.45, 2.75) is 19.0 Å². The highest BCUT2D eigenvalue weighted by Gasteiger charge is 2.16. The Hall–Kier alpha value is -1.17. The Labute approximate surface area is 118 Å². The van der Waals surface area contributed by atoms with Crippen molar-refractivity contribution in [3.8, 4) is 0 Å². The summed E-state index contributed by atoms with van der Waals surface area (Å²) in [6.07, 6.45) is 0.404. The Morgan fingerprint density at radius 3 is 2.79 bits per heavy atom. The summed E-state index contributed by atoms with van der Waals surface area (Å²) in [5.74, 6) is -0.295. The number of carbonyl (C=O) groups excluding carboxylic acids is 1. The van der Waals surface area contributed by atoms with E-state index in [9.17, 15) is 9.18 Å². The van der Waals surface area contributed by atoms with Gasteiger partial charge in [0.1, 0.15) is 5.82 Å². The van der Waals surface area contributed by atoms with E-state index in [2.05, 4.69) is 10.6 Å². The maximum atomic E-state index is 12.7. The number of benzene rings is 1. The van der Waals surface area contributed by atoms with E-state index < -0.39 is 0 Å². The summed E-state index contributed by atoms with van der Waals surface area (Å²) in [6, 6.07) is 6.19. The van der Waals surface area contributed by atoms with Crippen molar-refractivity contribution < 1.29 is 13.9 Å². The van der Waals surface area contributed by atoms with Crippen molar-refractivity contribution in [1.29, 1.82) is 0 Å². The molecule has 1 heterocycles. The van der Waals surface area contributed by atoms with Gasteiger partial charge in [0.2, 0.25) is 5.91 Å². The summed E-state index contributed by atoms with van der Waals surface area (Å²) >= 11 is 0. The molecule has 1 saturated heterocycles. The van der Waals surface area contributed by atoms with Crippen LogP contribution in [0.5, 0.6) is 0 Å². The molecule has 2 N–H and O–H groups in total. The molecule has 1 amide bonds. The number of halogens is 2. The fourth-order valence-electron chi connectivity index (χ4n) is 1.85. The van der Waals surface area contributed by atoms with Crippen molar-refractivity contribution in [3.63, 3.8) is 0 Å². The Morgan fingerprint density at radius 2 is 2.16 bits per heavy atom. The second-order valence-corrected chi connectivity index (χ2v) is 4.33. The normalized spacial score (nSPS) is 18.5. The Bertz CT molecular complexity index is 394. The third-order valence-corrected chi connectivity index (χ3v) is 2.83. The predicted molar refractivity (Wildman–Crippen MR) is 72.7 cm³/mol. The van der Waals surface area contributed by atoms with Crippen LogP contribution >= 0.6 is 12.4 Å². The highest BCUT2D eigenvalue weighted by atomic mass is 35.5. The lowest BCUT2D eigenvalue weighted by atomic mass is 10.2. The minimum atomic E-state index is -0.270. The molecule has 0 bridgehead atoms. The minimum absolute atomic E-state index is 0. The van der Waals surface area contributed by atoms with E-state index >= 15 is 0 Å². The third kappa shape index (κ3) is 5.55. The van der Waals surface area contributed by atoms with Gasteiger partial charge in [-0.3, -0.25) is 4.79 Å². The topological polar surface area (TPSA) is 50.4 Å². The van der Waals surface area contributed by atoms with Gasteiger partial charge in [0, 0.05) is 25.6 Å². The smallest absolute Gasteiger partial charge is 0.221 e. The molecule has 6 heteroatoms. The number of carbonyl (C=O) groups is 1. The first-order valence-electron chi connectivity index (χ1n) is 6.06. The van der Waals surface area contributed by atoms with Crippen LogP contribution in [0.3, 0.4) is 0 Å². The van der Waals surface area contributed by atoms with Crippen LogP contribution in [-0.2, 0) is 16.1 Å². The van der Waals surface area contributed by atoms with Gasteiger partial charge in [-0.2, -0.15) is 0 Å². The van der Waals surface area contributed by atoms with Crippen LogP contribution in [0.2, 0.25) is 0 Å². The van der Waals surface area contributed by atoms with Gasteiger partial charge in [-0.15, -0.1) is 12.4 Å². The fraction of sp³-hybridized carbons (Fsp3) is 0.462. The van der Waals surface area contributed by atoms with Crippen LogP contribution in [-0.4, -0.2) is 31.7 Å². The Morgan fingerprint density at radius 1 is 1.42 bits per heavy atom. The van der Waals surface area contributed by atoms with Gasteiger partial charge in [-0.1, -0.05) is 12.1 Å². The van der Waals surface area contributed by atoms with Crippen LogP contribution in [0.25, 0.3) is 0 Å². The van der Waals surface area contributed by atoms with Crippen molar-refractivity contribution in [2.75, 3.05) is 19.8 Å². The molecule has 4 nitrogen and oxygen atoms in total. The highest BCUT2D eigenvalue weighted by Crippen LogP contribution is 2.03. The maximum Gasteiger partial charge on any atom is 0.221 e. The molecule has 0 spiro atoms. The van der Waals surface area contributed by atoms with Crippen molar-refractivity contribution in [2.24, 2.45) is 0 Å². The van der Waals surface area contributed by atoms with Crippen molar-refractivity contribution in [1.82, 2.24) is 10.6 Å². The zero-order chi connectivity index (χ0) is 12.8. The van der Waals surface area contributed by atoms with Crippen LogP contribution < -0.4 is 10.6 Å². The molecule has 1 unspecified atom stereocenters. The molecule has 1 fully saturated rings. The second-order valence-electron chi connectivity index (χ2n) is 4.33. The first-order valence-corrected chi connectivity index (χ1v) is 6.06. The molecule has 0 aliphatic carbocycles. The van der Waals surface area contributed by atoms with Gasteiger partial charge in [0.05, 0.1) is 13.2 Å². The van der Waals surface area contributed by atoms with E-state index in [1.807, 2.05) is 0 Å². The van der Waals surface area contributed by atoms with E-state index in [0.717, 1.165) is 12.1 Å². The molecule has 1 atom stereocenters. The summed E-state index contributed by atoms with van der Waals surface area (Å²) in [7, 11) is 0. The van der Waals surface area contributed by atoms with Crippen LogP contribution in [0.1, 0.15) is 12.0 Å². The Kier molecular flexibility index (Phi) is 6.77. The highest BCUT2D eigenvalue weighted by molar-refractivity contribution is 5.85. The number of hydrogen-bond donors (Lipinski definition) is 2. The Balaban J connectivity index is 0.00000180. The number of nitrogens with one attached hydrogen (secondary N) is 2. The van der Waals surface area contributed by atoms with Crippen LogP contribution in [0.4, 0.5) is 4.39 Å². The molecule has 1 aliphatic heterocycles. The number of hydrogen-bond acceptors (Lipinski definition) is 3. The average Bonchev–Trinajstić information content (AvgIpc) is 2.39. The second kappa shape index (κ2) is 8.09. The van der Waals surface area contributed by atoms with Crippen molar-refractivity contribution in [3.05, 3.63) is 35.6 Å². The SMILES string of the molecule is Cl.O=C(CC1COCCN1)NCc1ccc(F)cc1. The molecular formula is C13H18ClFN2O2. The lowest BCUT2D eigenvalue weighted by Gasteiger charge is -2.23. The van der Waals surface area contributed by atoms with E-state index in [4.69, 9.17) is 4.74 Å². The molecule has 1 aromatic carbocycles. The van der Waals surface area contributed by atoms with Gasteiger partial charge in [-0.25, -0.2) is 4.39 Å². The predicted octanol–water partition coefficient (Wildman–Crippen LogP) is 1.24. The number of morpholine rings is 1. The molecule has 1 aliphatic rings. The zero-order valence-electron chi connectivity index (χ0n) is 10.5. The van der Waals surface area contributed by atoms with Gasteiger partial charge < -0.3 is 15.4 Å². The fourth-order valence-corrected chi connectivity index (χ4v) is 1.85. The monoisotopic (exact) mass is 288 g/mol. The van der Waals surface area contributed by atoms with E-state index in [0.29, 0.717) is 26.2 Å². The summed E-state index contributed by atoms with van der Waals surface area (Å²) in [4.78, 5) is 11.7. The van der Waals surface area contributed by atoms with E-state index in [1.165, 1.54) is 12.1 Å². The van der Waals surface area contributed by atoms with Crippen LogP contribution in [0, 0.1) is 5.82 Å². The average molecular weight is 289 g/mol. The van der Waals surface area contributed by atoms with Gasteiger partial charge in [0.15, 0.2) is 0 Å². The molecule has 0 saturated carbocycles. The number of rotatable bonds is 4. The number of amides is 1. The summed E-state index contributed by atoms with van der Waals surface area (Å²) in [5.41, 5.74) is 0.887. The van der Waals surface area contributed by atoms with Gasteiger partial charge >= 0.3 is 0 Å². The minimum Gasteiger partial charge on any atom is -0.378 e. The molecule has 1 aromatic rings. The summed E-state index contributed by atoms with van der Waals surface area (Å²) < 4.78 is 18.0. The van der Waals surface area contributed by atoms with E-state index in [-0.39, 0.29) is 30.2 Å². The number of ether oxygens (including phenoxy) is 1. The summed E-state index contributed by atoms with van der Waals surface area (Å²) in [5, 5.41) is 6.03. The van der Waals surface area contributed by atoms with Crippen molar-refractivity contribution >= 4 is 18.3 Å². The maximum absolute atomic E-state index is 12.7. The summed E-state index contributed by atoms with van der Waals surface area (Å²) in [6.45, 7) is 2.49. The molecule has 19 heavy (non-hydrogen) atoms. The lowest BCUT2D eigenvalue weighted by molar-refractivity contribution is -0.122. The van der Waals surface area contributed by atoms with Gasteiger partial charge in [-0.05, 0) is 17.7 Å². The standard InChI is InChI=1S/C13H17FN2O2.ClH/c14-11-3-1-10(2-4-11)8-16-13(17)7-12-9-18-6-5-15-12;/h1-4,12,15H,5-9H2,(H,16,17);1H. The zero-order valence-corrected chi connectivity index (χ0v) is 11.3. The molecule has 0 aromatic heterocycles. The van der Waals surface area contributed by atoms with Crippen LogP contribution in [0.15, 0.2) is 24.3 Å². The first-order chi connectivity index (χ1) is 8.74. The largest absolute Gasteiger partial charge is 0.378 e.